The van der Waals surface area contributed by atoms with Crippen molar-refractivity contribution >= 4 is 22.8 Å². The summed E-state index contributed by atoms with van der Waals surface area (Å²) in [5.74, 6) is -0.582. The lowest BCUT2D eigenvalue weighted by Crippen LogP contribution is -2.41. The van der Waals surface area contributed by atoms with E-state index >= 15 is 0 Å². The van der Waals surface area contributed by atoms with Gasteiger partial charge in [-0.1, -0.05) is 48.5 Å². The number of benzene rings is 3. The molecule has 166 valence electrons. The van der Waals surface area contributed by atoms with E-state index in [1.165, 1.54) is 4.90 Å². The van der Waals surface area contributed by atoms with Gasteiger partial charge in [0.05, 0.1) is 18.8 Å². The second-order valence-electron chi connectivity index (χ2n) is 8.29. The molecule has 1 N–H and O–H groups in total. The molecule has 0 bridgehead atoms. The number of aromatic nitrogens is 1. The van der Waals surface area contributed by atoms with Crippen LogP contribution in [0, 0.1) is 0 Å². The Morgan fingerprint density at radius 2 is 1.76 bits per heavy atom. The number of rotatable bonds is 5. The Kier molecular flexibility index (Phi) is 4.93. The van der Waals surface area contributed by atoms with Gasteiger partial charge in [-0.05, 0) is 36.8 Å². The second kappa shape index (κ2) is 7.81. The van der Waals surface area contributed by atoms with Crippen LogP contribution in [0.25, 0.3) is 22.2 Å². The number of hydrogen-bond acceptors (Lipinski definition) is 3. The highest BCUT2D eigenvalue weighted by Gasteiger charge is 2.44. The van der Waals surface area contributed by atoms with E-state index in [2.05, 4.69) is 4.57 Å². The van der Waals surface area contributed by atoms with Gasteiger partial charge < -0.3 is 19.3 Å². The lowest BCUT2D eigenvalue weighted by molar-refractivity contribution is -0.142. The van der Waals surface area contributed by atoms with Crippen LogP contribution in [0.15, 0.2) is 72.8 Å². The van der Waals surface area contributed by atoms with Gasteiger partial charge in [-0.3, -0.25) is 4.79 Å². The topological polar surface area (TPSA) is 71.8 Å². The molecule has 6 nitrogen and oxygen atoms in total. The Bertz CT molecular complexity index is 1400. The Balaban J connectivity index is 1.87. The summed E-state index contributed by atoms with van der Waals surface area (Å²) in [6.07, 6.45) is 0. The molecule has 0 radical (unpaired) electrons. The molecule has 33 heavy (non-hydrogen) atoms. The zero-order valence-electron chi connectivity index (χ0n) is 18.6. The number of aryl methyl sites for hydroxylation is 1. The highest BCUT2D eigenvalue weighted by atomic mass is 16.5. The molecular formula is C27H24N2O4. The molecule has 0 spiro atoms. The van der Waals surface area contributed by atoms with Gasteiger partial charge >= 0.3 is 5.97 Å². The minimum absolute atomic E-state index is 0.268. The molecule has 6 heteroatoms. The summed E-state index contributed by atoms with van der Waals surface area (Å²) in [6, 6.07) is 21.7. The lowest BCUT2D eigenvalue weighted by Gasteiger charge is -2.30. The minimum atomic E-state index is -1.04. The summed E-state index contributed by atoms with van der Waals surface area (Å²) in [7, 11) is 3.62. The smallest absolute Gasteiger partial charge is 0.326 e. The maximum absolute atomic E-state index is 13.5. The average molecular weight is 440 g/mol. The van der Waals surface area contributed by atoms with Gasteiger partial charge in [0.1, 0.15) is 11.8 Å². The fourth-order valence-electron chi connectivity index (χ4n) is 4.97. The molecule has 2 heterocycles. The van der Waals surface area contributed by atoms with Crippen molar-refractivity contribution in [2.75, 3.05) is 7.11 Å². The zero-order chi connectivity index (χ0) is 23.3. The SMILES string of the molecule is COc1cccc(-c2c([C@@H]3c4ccccc4C(=O)N3[C@H](C)C(=O)O)c3ccccc3n2C)c1. The predicted molar refractivity (Wildman–Crippen MR) is 126 cm³/mol. The minimum Gasteiger partial charge on any atom is -0.497 e. The molecular weight excluding hydrogens is 416 g/mol. The Morgan fingerprint density at radius 3 is 2.52 bits per heavy atom. The van der Waals surface area contributed by atoms with Crippen molar-refractivity contribution in [1.82, 2.24) is 9.47 Å². The number of hydrogen-bond donors (Lipinski definition) is 1. The van der Waals surface area contributed by atoms with Crippen LogP contribution in [0.2, 0.25) is 0 Å². The van der Waals surface area contributed by atoms with Gasteiger partial charge in [0.15, 0.2) is 0 Å². The number of methoxy groups -OCH3 is 1. The summed E-state index contributed by atoms with van der Waals surface area (Å²) in [4.78, 5) is 27.0. The largest absolute Gasteiger partial charge is 0.497 e. The number of carbonyl (C=O) groups is 2. The maximum atomic E-state index is 13.5. The van der Waals surface area contributed by atoms with Crippen LogP contribution in [-0.2, 0) is 11.8 Å². The Morgan fingerprint density at radius 1 is 1.03 bits per heavy atom. The molecule has 0 unspecified atom stereocenters. The van der Waals surface area contributed by atoms with Crippen LogP contribution in [0.4, 0.5) is 0 Å². The molecule has 0 saturated carbocycles. The number of aliphatic carboxylic acids is 1. The molecule has 1 aliphatic rings. The van der Waals surface area contributed by atoms with Crippen LogP contribution in [-0.4, -0.2) is 39.6 Å². The first-order valence-corrected chi connectivity index (χ1v) is 10.8. The molecule has 1 aliphatic heterocycles. The molecule has 4 aromatic rings. The highest BCUT2D eigenvalue weighted by Crippen LogP contribution is 2.47. The van der Waals surface area contributed by atoms with Crippen molar-refractivity contribution < 1.29 is 19.4 Å². The third-order valence-corrected chi connectivity index (χ3v) is 6.54. The van der Waals surface area contributed by atoms with Gasteiger partial charge in [-0.15, -0.1) is 0 Å². The van der Waals surface area contributed by atoms with E-state index in [1.54, 1.807) is 20.1 Å². The van der Waals surface area contributed by atoms with E-state index < -0.39 is 18.1 Å². The van der Waals surface area contributed by atoms with Gasteiger partial charge in [-0.25, -0.2) is 4.79 Å². The van der Waals surface area contributed by atoms with Crippen LogP contribution < -0.4 is 4.74 Å². The number of ether oxygens (including phenoxy) is 1. The molecule has 3 aromatic carbocycles. The van der Waals surface area contributed by atoms with Gasteiger partial charge in [0.2, 0.25) is 0 Å². The Labute approximate surface area is 191 Å². The van der Waals surface area contributed by atoms with E-state index in [0.29, 0.717) is 5.56 Å². The van der Waals surface area contributed by atoms with Crippen molar-refractivity contribution in [2.24, 2.45) is 7.05 Å². The van der Waals surface area contributed by atoms with E-state index in [0.717, 1.165) is 39.0 Å². The van der Waals surface area contributed by atoms with Crippen molar-refractivity contribution in [2.45, 2.75) is 19.0 Å². The molecule has 2 atom stereocenters. The first kappa shape index (κ1) is 20.8. The molecule has 0 saturated heterocycles. The fraction of sp³-hybridized carbons (Fsp3) is 0.185. The van der Waals surface area contributed by atoms with Crippen LogP contribution in [0.3, 0.4) is 0 Å². The summed E-state index contributed by atoms with van der Waals surface area (Å²) in [5.41, 5.74) is 5.13. The molecule has 0 aliphatic carbocycles. The average Bonchev–Trinajstić information content (AvgIpc) is 3.29. The third-order valence-electron chi connectivity index (χ3n) is 6.54. The predicted octanol–water partition coefficient (Wildman–Crippen LogP) is 4.87. The number of para-hydroxylation sites is 1. The summed E-state index contributed by atoms with van der Waals surface area (Å²) >= 11 is 0. The van der Waals surface area contributed by atoms with Crippen molar-refractivity contribution in [1.29, 1.82) is 0 Å². The van der Waals surface area contributed by atoms with Crippen molar-refractivity contribution in [3.8, 4) is 17.0 Å². The van der Waals surface area contributed by atoms with Gasteiger partial charge in [0.25, 0.3) is 5.91 Å². The summed E-state index contributed by atoms with van der Waals surface area (Å²) < 4.78 is 7.57. The quantitative estimate of drug-likeness (QED) is 0.481. The highest BCUT2D eigenvalue weighted by molar-refractivity contribution is 6.04. The second-order valence-corrected chi connectivity index (χ2v) is 8.29. The standard InChI is InChI=1S/C27H24N2O4/c1-16(27(31)32)29-25(19-11-4-5-12-20(19)26(29)30)23-21-13-6-7-14-22(21)28(2)24(23)17-9-8-10-18(15-17)33-3/h4-16,25H,1-3H3,(H,31,32)/t16-,25+/m1/s1. The monoisotopic (exact) mass is 440 g/mol. The number of carbonyl (C=O) groups excluding carboxylic acids is 1. The number of carboxylic acids is 1. The van der Waals surface area contributed by atoms with Gasteiger partial charge in [0, 0.05) is 34.6 Å². The number of carboxylic acid groups (broad SMARTS) is 1. The molecule has 1 amide bonds. The fourth-order valence-corrected chi connectivity index (χ4v) is 4.97. The maximum Gasteiger partial charge on any atom is 0.326 e. The van der Waals surface area contributed by atoms with E-state index in [-0.39, 0.29) is 5.91 Å². The van der Waals surface area contributed by atoms with Crippen molar-refractivity contribution in [3.05, 3.63) is 89.5 Å². The first-order chi connectivity index (χ1) is 15.9. The number of amides is 1. The molecule has 0 fully saturated rings. The van der Waals surface area contributed by atoms with Crippen LogP contribution in [0.5, 0.6) is 5.75 Å². The number of fused-ring (bicyclic) bond motifs is 2. The zero-order valence-corrected chi connectivity index (χ0v) is 18.6. The summed E-state index contributed by atoms with van der Waals surface area (Å²) in [5, 5.41) is 10.8. The van der Waals surface area contributed by atoms with E-state index in [9.17, 15) is 14.7 Å². The van der Waals surface area contributed by atoms with Crippen LogP contribution >= 0.6 is 0 Å². The molecule has 1 aromatic heterocycles. The summed E-state index contributed by atoms with van der Waals surface area (Å²) in [6.45, 7) is 1.56. The number of nitrogens with zero attached hydrogens (tertiary/aromatic N) is 2. The van der Waals surface area contributed by atoms with Crippen LogP contribution in [0.1, 0.15) is 34.5 Å². The Hall–Kier alpha value is -4.06. The van der Waals surface area contributed by atoms with Gasteiger partial charge in [-0.2, -0.15) is 0 Å². The molecule has 5 rings (SSSR count). The third kappa shape index (κ3) is 3.09. The van der Waals surface area contributed by atoms with Crippen molar-refractivity contribution in [3.63, 3.8) is 0 Å². The van der Waals surface area contributed by atoms with E-state index in [4.69, 9.17) is 4.74 Å². The van der Waals surface area contributed by atoms with E-state index in [1.807, 2.05) is 73.8 Å². The first-order valence-electron chi connectivity index (χ1n) is 10.8. The lowest BCUT2D eigenvalue weighted by atomic mass is 9.92. The normalized spacial score (nSPS) is 16.2.